The minimum atomic E-state index is -0.587. The maximum atomic E-state index is 9.62. The van der Waals surface area contributed by atoms with Crippen LogP contribution >= 0.6 is 0 Å². The van der Waals surface area contributed by atoms with Gasteiger partial charge < -0.3 is 24.1 Å². The van der Waals surface area contributed by atoms with Gasteiger partial charge in [0.15, 0.2) is 12.6 Å². The monoisotopic (exact) mass is 332 g/mol. The third-order valence-electron chi connectivity index (χ3n) is 4.11. The van der Waals surface area contributed by atoms with Crippen LogP contribution in [0.4, 0.5) is 0 Å². The first-order valence-electron chi connectivity index (χ1n) is 8.28. The maximum Gasteiger partial charge on any atom is 0.178 e. The van der Waals surface area contributed by atoms with Crippen molar-refractivity contribution in [2.24, 2.45) is 0 Å². The molecule has 0 saturated heterocycles. The first kappa shape index (κ1) is 17.3. The molecule has 2 heterocycles. The second kappa shape index (κ2) is 8.05. The molecule has 130 valence electrons. The lowest BCUT2D eigenvalue weighted by Crippen LogP contribution is -2.41. The van der Waals surface area contributed by atoms with E-state index in [0.717, 1.165) is 5.56 Å². The Bertz CT molecular complexity index is 570. The van der Waals surface area contributed by atoms with Gasteiger partial charge in [-0.1, -0.05) is 42.5 Å². The predicted octanol–water partition coefficient (Wildman–Crippen LogP) is 2.55. The van der Waals surface area contributed by atoms with Crippen LogP contribution in [0.1, 0.15) is 19.4 Å². The highest BCUT2D eigenvalue weighted by molar-refractivity contribution is 5.13. The van der Waals surface area contributed by atoms with Crippen molar-refractivity contribution in [3.05, 3.63) is 60.2 Å². The van der Waals surface area contributed by atoms with Crippen LogP contribution in [0.3, 0.4) is 0 Å². The molecule has 24 heavy (non-hydrogen) atoms. The van der Waals surface area contributed by atoms with Crippen molar-refractivity contribution in [1.82, 2.24) is 0 Å². The lowest BCUT2D eigenvalue weighted by molar-refractivity contribution is -0.224. The molecule has 0 saturated carbocycles. The third-order valence-corrected chi connectivity index (χ3v) is 4.11. The molecule has 0 fully saturated rings. The molecule has 1 aromatic carbocycles. The molecule has 0 radical (unpaired) electrons. The van der Waals surface area contributed by atoms with Gasteiger partial charge in [0.1, 0.15) is 6.10 Å². The van der Waals surface area contributed by atoms with Gasteiger partial charge in [-0.3, -0.25) is 0 Å². The van der Waals surface area contributed by atoms with Gasteiger partial charge in [0.2, 0.25) is 0 Å². The standard InChI is InChI=1S/C19H24O5/c1-13-16(20)8-10-19(22-13)24-17-9-11-18(23-14(17)2)21-12-15-6-4-3-5-7-15/h3-11,13-14,16-20H,12H2,1-2H3/t13-,14-,16+,17+,18+,19-/m1/s1. The lowest BCUT2D eigenvalue weighted by Gasteiger charge is -2.34. The highest BCUT2D eigenvalue weighted by Gasteiger charge is 2.29. The molecule has 1 N–H and O–H groups in total. The number of aliphatic hydroxyl groups is 1. The van der Waals surface area contributed by atoms with Gasteiger partial charge >= 0.3 is 0 Å². The molecule has 0 spiro atoms. The van der Waals surface area contributed by atoms with Crippen LogP contribution in [-0.4, -0.2) is 42.1 Å². The van der Waals surface area contributed by atoms with Crippen LogP contribution in [0.2, 0.25) is 0 Å². The fourth-order valence-corrected chi connectivity index (χ4v) is 2.63. The highest BCUT2D eigenvalue weighted by Crippen LogP contribution is 2.22. The molecule has 2 aliphatic heterocycles. The van der Waals surface area contributed by atoms with E-state index in [0.29, 0.717) is 6.61 Å². The van der Waals surface area contributed by atoms with Gasteiger partial charge in [-0.15, -0.1) is 0 Å². The van der Waals surface area contributed by atoms with Gasteiger partial charge in [-0.05, 0) is 31.6 Å². The predicted molar refractivity (Wildman–Crippen MR) is 89.1 cm³/mol. The van der Waals surface area contributed by atoms with Gasteiger partial charge in [0, 0.05) is 0 Å². The topological polar surface area (TPSA) is 57.2 Å². The van der Waals surface area contributed by atoms with Crippen molar-refractivity contribution < 1.29 is 24.1 Å². The Kier molecular flexibility index (Phi) is 5.81. The van der Waals surface area contributed by atoms with Crippen molar-refractivity contribution in [1.29, 1.82) is 0 Å². The van der Waals surface area contributed by atoms with E-state index in [4.69, 9.17) is 18.9 Å². The van der Waals surface area contributed by atoms with Crippen molar-refractivity contribution >= 4 is 0 Å². The first-order chi connectivity index (χ1) is 11.6. The Hall–Kier alpha value is -1.50. The van der Waals surface area contributed by atoms with E-state index < -0.39 is 12.4 Å². The fourth-order valence-electron chi connectivity index (χ4n) is 2.63. The van der Waals surface area contributed by atoms with Crippen LogP contribution in [0.15, 0.2) is 54.6 Å². The number of benzene rings is 1. The highest BCUT2D eigenvalue weighted by atomic mass is 16.7. The van der Waals surface area contributed by atoms with Crippen molar-refractivity contribution in [3.63, 3.8) is 0 Å². The summed E-state index contributed by atoms with van der Waals surface area (Å²) < 4.78 is 23.1. The molecular weight excluding hydrogens is 308 g/mol. The molecule has 0 aliphatic carbocycles. The molecule has 5 nitrogen and oxygen atoms in total. The number of ether oxygens (including phenoxy) is 4. The molecule has 0 bridgehead atoms. The average molecular weight is 332 g/mol. The van der Waals surface area contributed by atoms with Crippen molar-refractivity contribution in [2.45, 2.75) is 57.5 Å². The molecule has 0 amide bonds. The van der Waals surface area contributed by atoms with E-state index in [9.17, 15) is 5.11 Å². The fraction of sp³-hybridized carbons (Fsp3) is 0.474. The quantitative estimate of drug-likeness (QED) is 0.840. The lowest BCUT2D eigenvalue weighted by atomic mass is 10.1. The molecule has 5 heteroatoms. The second-order valence-corrected chi connectivity index (χ2v) is 6.08. The van der Waals surface area contributed by atoms with E-state index in [1.807, 2.05) is 56.3 Å². The Morgan fingerprint density at radius 3 is 2.33 bits per heavy atom. The Balaban J connectivity index is 1.50. The SMILES string of the molecule is C[C@H]1O[C@H](OCc2ccccc2)C=C[C@@H]1O[C@@H]1C=C[C@H](O)[C@@H](C)O1. The van der Waals surface area contributed by atoms with Crippen LogP contribution in [-0.2, 0) is 25.6 Å². The van der Waals surface area contributed by atoms with Crippen LogP contribution in [0.5, 0.6) is 0 Å². The minimum absolute atomic E-state index is 0.157. The summed E-state index contributed by atoms with van der Waals surface area (Å²) in [5, 5.41) is 9.62. The van der Waals surface area contributed by atoms with Crippen LogP contribution in [0, 0.1) is 0 Å². The number of hydrogen-bond donors (Lipinski definition) is 1. The Morgan fingerprint density at radius 1 is 0.917 bits per heavy atom. The van der Waals surface area contributed by atoms with Crippen molar-refractivity contribution in [2.75, 3.05) is 0 Å². The Morgan fingerprint density at radius 2 is 1.62 bits per heavy atom. The largest absolute Gasteiger partial charge is 0.386 e. The zero-order valence-electron chi connectivity index (χ0n) is 13.9. The number of rotatable bonds is 5. The Labute approximate surface area is 142 Å². The van der Waals surface area contributed by atoms with E-state index in [1.165, 1.54) is 0 Å². The molecule has 6 atom stereocenters. The van der Waals surface area contributed by atoms with E-state index >= 15 is 0 Å². The van der Waals surface area contributed by atoms with E-state index in [-0.39, 0.29) is 24.6 Å². The first-order valence-corrected chi connectivity index (χ1v) is 8.28. The molecule has 1 aromatic rings. The van der Waals surface area contributed by atoms with E-state index in [1.54, 1.807) is 12.2 Å². The summed E-state index contributed by atoms with van der Waals surface area (Å²) in [5.74, 6) is 0. The van der Waals surface area contributed by atoms with Gasteiger partial charge in [-0.2, -0.15) is 0 Å². The summed E-state index contributed by atoms with van der Waals surface area (Å²) in [6.07, 6.45) is 5.10. The third kappa shape index (κ3) is 4.53. The molecular formula is C19H24O5. The zero-order valence-corrected chi connectivity index (χ0v) is 13.9. The van der Waals surface area contributed by atoms with Crippen LogP contribution in [0.25, 0.3) is 0 Å². The molecule has 0 aromatic heterocycles. The van der Waals surface area contributed by atoms with Gasteiger partial charge in [-0.25, -0.2) is 0 Å². The second-order valence-electron chi connectivity index (χ2n) is 6.08. The average Bonchev–Trinajstić information content (AvgIpc) is 2.59. The summed E-state index contributed by atoms with van der Waals surface area (Å²) in [4.78, 5) is 0. The number of hydrogen-bond acceptors (Lipinski definition) is 5. The summed E-state index contributed by atoms with van der Waals surface area (Å²) >= 11 is 0. The maximum absolute atomic E-state index is 9.62. The zero-order chi connectivity index (χ0) is 16.9. The summed E-state index contributed by atoms with van der Waals surface area (Å²) in [6, 6.07) is 9.98. The van der Waals surface area contributed by atoms with Gasteiger partial charge in [0.05, 0.1) is 24.9 Å². The summed E-state index contributed by atoms with van der Waals surface area (Å²) in [7, 11) is 0. The minimum Gasteiger partial charge on any atom is -0.386 e. The van der Waals surface area contributed by atoms with E-state index in [2.05, 4.69) is 0 Å². The van der Waals surface area contributed by atoms with Crippen molar-refractivity contribution in [3.8, 4) is 0 Å². The summed E-state index contributed by atoms with van der Waals surface area (Å²) in [5.41, 5.74) is 1.11. The summed E-state index contributed by atoms with van der Waals surface area (Å²) in [6.45, 7) is 4.25. The van der Waals surface area contributed by atoms with Gasteiger partial charge in [0.25, 0.3) is 0 Å². The van der Waals surface area contributed by atoms with Crippen LogP contribution < -0.4 is 0 Å². The molecule has 2 aliphatic rings. The number of aliphatic hydroxyl groups excluding tert-OH is 1. The smallest absolute Gasteiger partial charge is 0.178 e. The molecule has 0 unspecified atom stereocenters. The molecule has 3 rings (SSSR count). The normalized spacial score (nSPS) is 36.0.